The molecule has 0 fully saturated rings. The molecule has 18 heavy (non-hydrogen) atoms. The zero-order chi connectivity index (χ0) is 13.3. The van der Waals surface area contributed by atoms with Gasteiger partial charge < -0.3 is 5.73 Å². The van der Waals surface area contributed by atoms with Crippen LogP contribution in [0.15, 0.2) is 36.4 Å². The van der Waals surface area contributed by atoms with E-state index in [4.69, 9.17) is 17.3 Å². The predicted octanol–water partition coefficient (Wildman–Crippen LogP) is 3.77. The van der Waals surface area contributed by atoms with Crippen LogP contribution in [0.25, 0.3) is 0 Å². The van der Waals surface area contributed by atoms with Crippen molar-refractivity contribution >= 4 is 23.1 Å². The monoisotopic (exact) mass is 259 g/mol. The molecule has 0 aromatic heterocycles. The van der Waals surface area contributed by atoms with Gasteiger partial charge in [0.1, 0.15) is 0 Å². The largest absolute Gasteiger partial charge is 0.398 e. The molecule has 0 amide bonds. The van der Waals surface area contributed by atoms with Gasteiger partial charge in [0.2, 0.25) is 0 Å². The Kier molecular flexibility index (Phi) is 3.39. The third-order valence-electron chi connectivity index (χ3n) is 3.04. The van der Waals surface area contributed by atoms with Gasteiger partial charge in [0.05, 0.1) is 10.7 Å². The molecule has 0 aliphatic rings. The number of ketones is 1. The summed E-state index contributed by atoms with van der Waals surface area (Å²) in [6.07, 6.45) is 0. The van der Waals surface area contributed by atoms with Crippen molar-refractivity contribution in [1.82, 2.24) is 0 Å². The second kappa shape index (κ2) is 4.83. The highest BCUT2D eigenvalue weighted by Gasteiger charge is 2.14. The van der Waals surface area contributed by atoms with Crippen molar-refractivity contribution in [2.24, 2.45) is 0 Å². The van der Waals surface area contributed by atoms with E-state index in [1.807, 2.05) is 32.0 Å². The lowest BCUT2D eigenvalue weighted by molar-refractivity contribution is 0.103. The molecular weight excluding hydrogens is 246 g/mol. The van der Waals surface area contributed by atoms with Crippen LogP contribution < -0.4 is 5.73 Å². The minimum atomic E-state index is -0.101. The van der Waals surface area contributed by atoms with Gasteiger partial charge in [0.15, 0.2) is 5.78 Å². The molecule has 0 heterocycles. The number of carbonyl (C=O) groups excluding carboxylic acids is 1. The zero-order valence-electron chi connectivity index (χ0n) is 10.3. The number of nitrogens with two attached hydrogens (primary N) is 1. The lowest BCUT2D eigenvalue weighted by Gasteiger charge is -2.07. The van der Waals surface area contributed by atoms with Gasteiger partial charge in [-0.2, -0.15) is 0 Å². The van der Waals surface area contributed by atoms with E-state index < -0.39 is 0 Å². The maximum atomic E-state index is 12.3. The molecule has 2 aromatic rings. The summed E-state index contributed by atoms with van der Waals surface area (Å²) in [6, 6.07) is 10.7. The average molecular weight is 260 g/mol. The molecule has 0 aliphatic carbocycles. The highest BCUT2D eigenvalue weighted by atomic mass is 35.5. The van der Waals surface area contributed by atoms with Crippen LogP contribution in [0.3, 0.4) is 0 Å². The van der Waals surface area contributed by atoms with E-state index in [2.05, 4.69) is 0 Å². The predicted molar refractivity (Wildman–Crippen MR) is 75.2 cm³/mol. The third kappa shape index (κ3) is 2.24. The molecule has 2 N–H and O–H groups in total. The van der Waals surface area contributed by atoms with E-state index in [1.54, 1.807) is 18.2 Å². The van der Waals surface area contributed by atoms with Crippen LogP contribution in [0.2, 0.25) is 5.02 Å². The SMILES string of the molecule is Cc1ccc(C(=O)c2cccc(N)c2Cl)cc1C. The van der Waals surface area contributed by atoms with E-state index in [-0.39, 0.29) is 5.78 Å². The first kappa shape index (κ1) is 12.7. The Morgan fingerprint density at radius 2 is 1.83 bits per heavy atom. The van der Waals surface area contributed by atoms with Crippen LogP contribution in [0.5, 0.6) is 0 Å². The Morgan fingerprint density at radius 1 is 1.11 bits per heavy atom. The highest BCUT2D eigenvalue weighted by Crippen LogP contribution is 2.25. The van der Waals surface area contributed by atoms with Gasteiger partial charge in [-0.3, -0.25) is 4.79 Å². The van der Waals surface area contributed by atoms with Crippen LogP contribution in [0.4, 0.5) is 5.69 Å². The molecule has 0 radical (unpaired) electrons. The molecule has 0 unspecified atom stereocenters. The molecule has 0 saturated heterocycles. The summed E-state index contributed by atoms with van der Waals surface area (Å²) in [5.41, 5.74) is 9.45. The van der Waals surface area contributed by atoms with Crippen LogP contribution in [-0.2, 0) is 0 Å². The number of benzene rings is 2. The van der Waals surface area contributed by atoms with Crippen molar-refractivity contribution in [3.8, 4) is 0 Å². The highest BCUT2D eigenvalue weighted by molar-refractivity contribution is 6.37. The Bertz CT molecular complexity index is 620. The van der Waals surface area contributed by atoms with Gasteiger partial charge >= 0.3 is 0 Å². The molecule has 0 atom stereocenters. The lowest BCUT2D eigenvalue weighted by Crippen LogP contribution is -2.04. The lowest BCUT2D eigenvalue weighted by atomic mass is 9.99. The van der Waals surface area contributed by atoms with E-state index in [1.165, 1.54) is 0 Å². The first-order chi connectivity index (χ1) is 8.50. The maximum absolute atomic E-state index is 12.3. The summed E-state index contributed by atoms with van der Waals surface area (Å²) < 4.78 is 0. The third-order valence-corrected chi connectivity index (χ3v) is 3.46. The minimum Gasteiger partial charge on any atom is -0.398 e. The number of halogens is 1. The molecule has 2 rings (SSSR count). The van der Waals surface area contributed by atoms with E-state index in [9.17, 15) is 4.79 Å². The quantitative estimate of drug-likeness (QED) is 0.659. The van der Waals surface area contributed by atoms with Crippen molar-refractivity contribution in [3.63, 3.8) is 0 Å². The van der Waals surface area contributed by atoms with Crippen LogP contribution >= 0.6 is 11.6 Å². The van der Waals surface area contributed by atoms with Gasteiger partial charge in [-0.15, -0.1) is 0 Å². The summed E-state index contributed by atoms with van der Waals surface area (Å²) in [5.74, 6) is -0.101. The van der Waals surface area contributed by atoms with Gasteiger partial charge in [0.25, 0.3) is 0 Å². The van der Waals surface area contributed by atoms with E-state index >= 15 is 0 Å². The number of aryl methyl sites for hydroxylation is 2. The van der Waals surface area contributed by atoms with Crippen molar-refractivity contribution in [2.45, 2.75) is 13.8 Å². The molecule has 2 nitrogen and oxygen atoms in total. The number of carbonyl (C=O) groups is 1. The van der Waals surface area contributed by atoms with Crippen molar-refractivity contribution in [2.75, 3.05) is 5.73 Å². The Hall–Kier alpha value is -1.80. The molecule has 0 bridgehead atoms. The Morgan fingerprint density at radius 3 is 2.50 bits per heavy atom. The first-order valence-electron chi connectivity index (χ1n) is 5.66. The van der Waals surface area contributed by atoms with Crippen LogP contribution in [0.1, 0.15) is 27.0 Å². The van der Waals surface area contributed by atoms with Crippen molar-refractivity contribution in [3.05, 3.63) is 63.7 Å². The number of anilines is 1. The van der Waals surface area contributed by atoms with Crippen molar-refractivity contribution < 1.29 is 4.79 Å². The molecular formula is C15H14ClNO. The second-order valence-corrected chi connectivity index (χ2v) is 4.71. The molecule has 0 spiro atoms. The van der Waals surface area contributed by atoms with E-state index in [0.29, 0.717) is 21.8 Å². The van der Waals surface area contributed by atoms with Crippen molar-refractivity contribution in [1.29, 1.82) is 0 Å². The van der Waals surface area contributed by atoms with Crippen LogP contribution in [-0.4, -0.2) is 5.78 Å². The fraction of sp³-hybridized carbons (Fsp3) is 0.133. The summed E-state index contributed by atoms with van der Waals surface area (Å²) in [5, 5.41) is 0.320. The number of rotatable bonds is 2. The standard InChI is InChI=1S/C15H14ClNO/c1-9-6-7-11(8-10(9)2)15(18)12-4-3-5-13(17)14(12)16/h3-8H,17H2,1-2H3. The second-order valence-electron chi connectivity index (χ2n) is 4.34. The smallest absolute Gasteiger partial charge is 0.194 e. The van der Waals surface area contributed by atoms with Gasteiger partial charge in [-0.05, 0) is 43.2 Å². The van der Waals surface area contributed by atoms with Gasteiger partial charge in [-0.1, -0.05) is 29.8 Å². The molecule has 0 aliphatic heterocycles. The minimum absolute atomic E-state index is 0.101. The zero-order valence-corrected chi connectivity index (χ0v) is 11.1. The molecule has 0 saturated carbocycles. The fourth-order valence-electron chi connectivity index (χ4n) is 1.76. The Labute approximate surface area is 111 Å². The Balaban J connectivity index is 2.48. The summed E-state index contributed by atoms with van der Waals surface area (Å²) in [6.45, 7) is 3.99. The number of nitrogen functional groups attached to an aromatic ring is 1. The van der Waals surface area contributed by atoms with Gasteiger partial charge in [0, 0.05) is 11.1 Å². The number of hydrogen-bond acceptors (Lipinski definition) is 2. The van der Waals surface area contributed by atoms with Crippen LogP contribution in [0, 0.1) is 13.8 Å². The average Bonchev–Trinajstić information content (AvgIpc) is 2.35. The molecule has 2 aromatic carbocycles. The maximum Gasteiger partial charge on any atom is 0.194 e. The molecule has 92 valence electrons. The number of hydrogen-bond donors (Lipinski definition) is 1. The summed E-state index contributed by atoms with van der Waals surface area (Å²) >= 11 is 6.06. The normalized spacial score (nSPS) is 10.4. The summed E-state index contributed by atoms with van der Waals surface area (Å²) in [4.78, 5) is 12.3. The fourth-order valence-corrected chi connectivity index (χ4v) is 1.98. The molecule has 3 heteroatoms. The topological polar surface area (TPSA) is 43.1 Å². The van der Waals surface area contributed by atoms with Gasteiger partial charge in [-0.25, -0.2) is 0 Å². The van der Waals surface area contributed by atoms with E-state index in [0.717, 1.165) is 11.1 Å². The summed E-state index contributed by atoms with van der Waals surface area (Å²) in [7, 11) is 0. The first-order valence-corrected chi connectivity index (χ1v) is 6.04.